The van der Waals surface area contributed by atoms with Crippen molar-refractivity contribution >= 4 is 11.8 Å². The normalized spacial score (nSPS) is 15.7. The van der Waals surface area contributed by atoms with Crippen molar-refractivity contribution in [1.29, 1.82) is 0 Å². The predicted molar refractivity (Wildman–Crippen MR) is 82.0 cm³/mol. The first-order valence-electron chi connectivity index (χ1n) is 7.95. The average Bonchev–Trinajstić information content (AvgIpc) is 2.49. The lowest BCUT2D eigenvalue weighted by Gasteiger charge is -2.20. The number of methoxy groups -OCH3 is 1. The Morgan fingerprint density at radius 2 is 1.67 bits per heavy atom. The number of carbonyl (C=O) groups excluding carboxylic acids is 2. The fourth-order valence-electron chi connectivity index (χ4n) is 2.57. The van der Waals surface area contributed by atoms with Crippen LogP contribution in [-0.4, -0.2) is 51.7 Å². The molecule has 0 aromatic heterocycles. The van der Waals surface area contributed by atoms with Crippen molar-refractivity contribution in [3.8, 4) is 0 Å². The van der Waals surface area contributed by atoms with Gasteiger partial charge >= 0.3 is 0 Å². The molecular formula is C15H29N3O3. The molecule has 0 radical (unpaired) electrons. The molecule has 1 rings (SSSR count). The monoisotopic (exact) mass is 299 g/mol. The fourth-order valence-corrected chi connectivity index (χ4v) is 2.57. The third-order valence-electron chi connectivity index (χ3n) is 3.74. The van der Waals surface area contributed by atoms with Gasteiger partial charge < -0.3 is 20.7 Å². The Labute approximate surface area is 127 Å². The minimum atomic E-state index is -0.0624. The average molecular weight is 299 g/mol. The highest BCUT2D eigenvalue weighted by molar-refractivity contribution is 5.78. The Bertz CT molecular complexity index is 305. The first-order chi connectivity index (χ1) is 10.2. The van der Waals surface area contributed by atoms with Gasteiger partial charge in [0.25, 0.3) is 0 Å². The molecule has 0 spiro atoms. The lowest BCUT2D eigenvalue weighted by atomic mass is 9.87. The van der Waals surface area contributed by atoms with E-state index in [0.717, 1.165) is 0 Å². The van der Waals surface area contributed by atoms with E-state index in [1.807, 2.05) is 0 Å². The fraction of sp³-hybridized carbons (Fsp3) is 0.867. The summed E-state index contributed by atoms with van der Waals surface area (Å²) in [5.41, 5.74) is 0. The lowest BCUT2D eigenvalue weighted by Crippen LogP contribution is -2.39. The van der Waals surface area contributed by atoms with Gasteiger partial charge in [0.15, 0.2) is 0 Å². The molecule has 0 bridgehead atoms. The lowest BCUT2D eigenvalue weighted by molar-refractivity contribution is -0.123. The molecule has 6 nitrogen and oxygen atoms in total. The number of amides is 2. The second kappa shape index (κ2) is 11.5. The molecule has 3 N–H and O–H groups in total. The number of carbonyl (C=O) groups is 2. The number of rotatable bonds is 10. The second-order valence-corrected chi connectivity index (χ2v) is 5.58. The topological polar surface area (TPSA) is 79.5 Å². The van der Waals surface area contributed by atoms with E-state index >= 15 is 0 Å². The summed E-state index contributed by atoms with van der Waals surface area (Å²) in [6.45, 7) is 2.49. The molecular weight excluding hydrogens is 270 g/mol. The van der Waals surface area contributed by atoms with Crippen LogP contribution < -0.4 is 16.0 Å². The van der Waals surface area contributed by atoms with Crippen molar-refractivity contribution < 1.29 is 14.3 Å². The minimum Gasteiger partial charge on any atom is -0.383 e. The van der Waals surface area contributed by atoms with Crippen molar-refractivity contribution in [3.05, 3.63) is 0 Å². The van der Waals surface area contributed by atoms with Crippen LogP contribution in [0.15, 0.2) is 0 Å². The van der Waals surface area contributed by atoms with Gasteiger partial charge in [-0.3, -0.25) is 9.59 Å². The highest BCUT2D eigenvalue weighted by Crippen LogP contribution is 2.25. The zero-order valence-electron chi connectivity index (χ0n) is 13.1. The van der Waals surface area contributed by atoms with Crippen molar-refractivity contribution in [2.24, 2.45) is 5.92 Å². The van der Waals surface area contributed by atoms with E-state index in [-0.39, 0.29) is 18.4 Å². The molecule has 2 amide bonds. The molecule has 1 fully saturated rings. The van der Waals surface area contributed by atoms with Gasteiger partial charge in [0.05, 0.1) is 13.2 Å². The van der Waals surface area contributed by atoms with Gasteiger partial charge in [-0.2, -0.15) is 0 Å². The van der Waals surface area contributed by atoms with Crippen molar-refractivity contribution in [2.45, 2.75) is 38.5 Å². The number of hydrogen-bond acceptors (Lipinski definition) is 4. The van der Waals surface area contributed by atoms with Gasteiger partial charge in [0, 0.05) is 33.2 Å². The van der Waals surface area contributed by atoms with Gasteiger partial charge in [-0.25, -0.2) is 0 Å². The molecule has 0 heterocycles. The number of hydrogen-bond donors (Lipinski definition) is 3. The highest BCUT2D eigenvalue weighted by atomic mass is 16.5. The zero-order chi connectivity index (χ0) is 15.3. The SMILES string of the molecule is COCCNCC(=O)NCCNC(=O)CC1CCCCC1. The summed E-state index contributed by atoms with van der Waals surface area (Å²) in [5, 5.41) is 8.59. The minimum absolute atomic E-state index is 0.0624. The van der Waals surface area contributed by atoms with Gasteiger partial charge in [-0.05, 0) is 18.8 Å². The summed E-state index contributed by atoms with van der Waals surface area (Å²) in [6, 6.07) is 0. The molecule has 0 unspecified atom stereocenters. The van der Waals surface area contributed by atoms with Crippen LogP contribution in [0.2, 0.25) is 0 Å². The largest absolute Gasteiger partial charge is 0.383 e. The smallest absolute Gasteiger partial charge is 0.234 e. The van der Waals surface area contributed by atoms with Crippen molar-refractivity contribution in [1.82, 2.24) is 16.0 Å². The molecule has 1 saturated carbocycles. The first kappa shape index (κ1) is 17.9. The Hall–Kier alpha value is -1.14. The molecule has 1 aliphatic carbocycles. The number of nitrogens with one attached hydrogen (secondary N) is 3. The molecule has 1 aliphatic rings. The maximum Gasteiger partial charge on any atom is 0.234 e. The quantitative estimate of drug-likeness (QED) is 0.511. The van der Waals surface area contributed by atoms with Crippen LogP contribution in [0, 0.1) is 5.92 Å². The Morgan fingerprint density at radius 3 is 2.33 bits per heavy atom. The summed E-state index contributed by atoms with van der Waals surface area (Å²) in [6.07, 6.45) is 6.80. The van der Waals surface area contributed by atoms with Gasteiger partial charge in [-0.1, -0.05) is 19.3 Å². The third-order valence-corrected chi connectivity index (χ3v) is 3.74. The van der Waals surface area contributed by atoms with E-state index in [4.69, 9.17) is 4.74 Å². The molecule has 0 aromatic carbocycles. The van der Waals surface area contributed by atoms with Gasteiger partial charge in [0.2, 0.25) is 11.8 Å². The predicted octanol–water partition coefficient (Wildman–Crippen LogP) is 0.425. The van der Waals surface area contributed by atoms with Crippen LogP contribution in [-0.2, 0) is 14.3 Å². The maximum absolute atomic E-state index is 11.7. The molecule has 0 aliphatic heterocycles. The molecule has 6 heteroatoms. The van der Waals surface area contributed by atoms with Crippen molar-refractivity contribution in [3.63, 3.8) is 0 Å². The summed E-state index contributed by atoms with van der Waals surface area (Å²) in [7, 11) is 1.62. The third kappa shape index (κ3) is 9.42. The molecule has 0 aromatic rings. The van der Waals surface area contributed by atoms with Crippen LogP contribution in [0.25, 0.3) is 0 Å². The summed E-state index contributed by atoms with van der Waals surface area (Å²) in [5.74, 6) is 0.598. The molecule has 0 saturated heterocycles. The summed E-state index contributed by atoms with van der Waals surface area (Å²) in [4.78, 5) is 23.2. The van der Waals surface area contributed by atoms with Crippen LogP contribution in [0.3, 0.4) is 0 Å². The molecule has 0 atom stereocenters. The first-order valence-corrected chi connectivity index (χ1v) is 7.95. The zero-order valence-corrected chi connectivity index (χ0v) is 13.1. The Kier molecular flexibility index (Phi) is 9.82. The number of ether oxygens (including phenoxy) is 1. The van der Waals surface area contributed by atoms with E-state index in [2.05, 4.69) is 16.0 Å². The van der Waals surface area contributed by atoms with Crippen LogP contribution in [0.1, 0.15) is 38.5 Å². The van der Waals surface area contributed by atoms with E-state index in [9.17, 15) is 9.59 Å². The van der Waals surface area contributed by atoms with Gasteiger partial charge in [0.1, 0.15) is 0 Å². The maximum atomic E-state index is 11.7. The van der Waals surface area contributed by atoms with E-state index < -0.39 is 0 Å². The second-order valence-electron chi connectivity index (χ2n) is 5.58. The standard InChI is InChI=1S/C15H29N3O3/c1-21-10-9-16-12-15(20)18-8-7-17-14(19)11-13-5-3-2-4-6-13/h13,16H,2-12H2,1H3,(H,17,19)(H,18,20). The van der Waals surface area contributed by atoms with Crippen LogP contribution in [0.5, 0.6) is 0 Å². The molecule has 21 heavy (non-hydrogen) atoms. The Morgan fingerprint density at radius 1 is 1.00 bits per heavy atom. The van der Waals surface area contributed by atoms with Gasteiger partial charge in [-0.15, -0.1) is 0 Å². The van der Waals surface area contributed by atoms with E-state index in [1.165, 1.54) is 32.1 Å². The molecule has 122 valence electrons. The highest BCUT2D eigenvalue weighted by Gasteiger charge is 2.16. The summed E-state index contributed by atoms with van der Waals surface area (Å²) >= 11 is 0. The van der Waals surface area contributed by atoms with E-state index in [1.54, 1.807) is 7.11 Å². The summed E-state index contributed by atoms with van der Waals surface area (Å²) < 4.78 is 4.87. The van der Waals surface area contributed by atoms with Crippen LogP contribution >= 0.6 is 0 Å². The van der Waals surface area contributed by atoms with Crippen LogP contribution in [0.4, 0.5) is 0 Å². The van der Waals surface area contributed by atoms with E-state index in [0.29, 0.717) is 38.6 Å². The van der Waals surface area contributed by atoms with Crippen molar-refractivity contribution in [2.75, 3.05) is 39.9 Å². The Balaban J connectivity index is 1.95.